The summed E-state index contributed by atoms with van der Waals surface area (Å²) >= 11 is 0. The summed E-state index contributed by atoms with van der Waals surface area (Å²) in [5.41, 5.74) is 8.76. The Hall–Kier alpha value is -1.39. The zero-order chi connectivity index (χ0) is 16.2. The summed E-state index contributed by atoms with van der Waals surface area (Å²) in [4.78, 5) is 7.43. The van der Waals surface area contributed by atoms with E-state index in [1.165, 1.54) is 37.9 Å². The predicted octanol–water partition coefficient (Wildman–Crippen LogP) is 3.57. The number of aromatic nitrogens is 2. The molecule has 1 aromatic heterocycles. The first kappa shape index (κ1) is 16.5. The lowest BCUT2D eigenvalue weighted by Gasteiger charge is -2.27. The number of hydrogen-bond donors (Lipinski definition) is 1. The van der Waals surface area contributed by atoms with E-state index in [1.807, 2.05) is 0 Å². The molecule has 3 rings (SSSR count). The molecule has 0 aliphatic carbocycles. The number of hydrogen-bond acceptors (Lipinski definition) is 3. The maximum Gasteiger partial charge on any atom is 0.126 e. The maximum absolute atomic E-state index is 6.47. The van der Waals surface area contributed by atoms with Crippen molar-refractivity contribution in [3.05, 3.63) is 30.1 Å². The van der Waals surface area contributed by atoms with Gasteiger partial charge in [-0.2, -0.15) is 0 Å². The van der Waals surface area contributed by atoms with Crippen LogP contribution < -0.4 is 5.73 Å². The summed E-state index contributed by atoms with van der Waals surface area (Å²) in [6.07, 6.45) is 5.04. The summed E-state index contributed by atoms with van der Waals surface area (Å²) in [5, 5.41) is 0. The predicted molar refractivity (Wildman–Crippen MR) is 96.4 cm³/mol. The van der Waals surface area contributed by atoms with Crippen molar-refractivity contribution in [2.75, 3.05) is 19.6 Å². The van der Waals surface area contributed by atoms with Crippen LogP contribution in [0, 0.1) is 5.92 Å². The smallest absolute Gasteiger partial charge is 0.126 e. The second-order valence-corrected chi connectivity index (χ2v) is 7.25. The molecular weight excluding hydrogens is 284 g/mol. The fourth-order valence-corrected chi connectivity index (χ4v) is 3.65. The Labute approximate surface area is 139 Å². The van der Waals surface area contributed by atoms with Crippen LogP contribution in [0.15, 0.2) is 24.3 Å². The van der Waals surface area contributed by atoms with Crippen molar-refractivity contribution < 1.29 is 0 Å². The molecule has 1 unspecified atom stereocenters. The standard InChI is InChI=1S/C19H30N4/c1-15(2)14-16(20)19-21-17-8-4-5-9-18(17)23(19)13-12-22-10-6-3-7-11-22/h4-5,8-9,15-16H,3,6-7,10-14,20H2,1-2H3. The molecule has 1 aliphatic rings. The fraction of sp³-hybridized carbons (Fsp3) is 0.632. The quantitative estimate of drug-likeness (QED) is 0.886. The largest absolute Gasteiger partial charge is 0.325 e. The summed E-state index contributed by atoms with van der Waals surface area (Å²) in [6, 6.07) is 8.44. The van der Waals surface area contributed by atoms with E-state index in [2.05, 4.69) is 47.6 Å². The van der Waals surface area contributed by atoms with Gasteiger partial charge in [-0.05, 0) is 50.4 Å². The van der Waals surface area contributed by atoms with Gasteiger partial charge in [0, 0.05) is 13.1 Å². The van der Waals surface area contributed by atoms with Gasteiger partial charge in [-0.1, -0.05) is 32.4 Å². The fourth-order valence-electron chi connectivity index (χ4n) is 3.65. The molecule has 0 radical (unpaired) electrons. The number of piperidine rings is 1. The van der Waals surface area contributed by atoms with Gasteiger partial charge in [-0.15, -0.1) is 0 Å². The molecule has 0 amide bonds. The molecule has 0 spiro atoms. The Morgan fingerprint density at radius 3 is 2.57 bits per heavy atom. The molecule has 0 bridgehead atoms. The van der Waals surface area contributed by atoms with E-state index >= 15 is 0 Å². The third-order valence-electron chi connectivity index (χ3n) is 4.83. The summed E-state index contributed by atoms with van der Waals surface area (Å²) < 4.78 is 2.36. The average molecular weight is 314 g/mol. The van der Waals surface area contributed by atoms with Crippen LogP contribution in [0.25, 0.3) is 11.0 Å². The van der Waals surface area contributed by atoms with Gasteiger partial charge in [0.25, 0.3) is 0 Å². The number of likely N-dealkylation sites (tertiary alicyclic amines) is 1. The zero-order valence-electron chi connectivity index (χ0n) is 14.5. The molecule has 1 fully saturated rings. The van der Waals surface area contributed by atoms with E-state index < -0.39 is 0 Å². The third-order valence-corrected chi connectivity index (χ3v) is 4.83. The topological polar surface area (TPSA) is 47.1 Å². The number of imidazole rings is 1. The number of para-hydroxylation sites is 2. The van der Waals surface area contributed by atoms with E-state index in [0.717, 1.165) is 30.9 Å². The number of nitrogens with two attached hydrogens (primary N) is 1. The first-order valence-corrected chi connectivity index (χ1v) is 9.08. The number of benzene rings is 1. The van der Waals surface area contributed by atoms with Gasteiger partial charge in [0.05, 0.1) is 17.1 Å². The average Bonchev–Trinajstić information content (AvgIpc) is 2.92. The van der Waals surface area contributed by atoms with Crippen molar-refractivity contribution >= 4 is 11.0 Å². The molecule has 1 atom stereocenters. The second-order valence-electron chi connectivity index (χ2n) is 7.25. The van der Waals surface area contributed by atoms with Crippen LogP contribution in [0.5, 0.6) is 0 Å². The minimum atomic E-state index is 0.0174. The van der Waals surface area contributed by atoms with Crippen molar-refractivity contribution in [2.45, 2.75) is 52.1 Å². The Morgan fingerprint density at radius 2 is 1.83 bits per heavy atom. The van der Waals surface area contributed by atoms with Gasteiger partial charge in [0.15, 0.2) is 0 Å². The molecule has 2 heterocycles. The highest BCUT2D eigenvalue weighted by Gasteiger charge is 2.19. The van der Waals surface area contributed by atoms with Gasteiger partial charge >= 0.3 is 0 Å². The lowest BCUT2D eigenvalue weighted by Crippen LogP contribution is -2.33. The second kappa shape index (κ2) is 7.45. The molecule has 23 heavy (non-hydrogen) atoms. The van der Waals surface area contributed by atoms with Crippen LogP contribution in [0.3, 0.4) is 0 Å². The summed E-state index contributed by atoms with van der Waals surface area (Å²) in [5.74, 6) is 1.64. The van der Waals surface area contributed by atoms with Crippen molar-refractivity contribution in [1.29, 1.82) is 0 Å². The van der Waals surface area contributed by atoms with Gasteiger partial charge in [0.2, 0.25) is 0 Å². The molecule has 0 saturated carbocycles. The molecule has 1 aliphatic heterocycles. The normalized spacial score (nSPS) is 17.9. The molecule has 4 heteroatoms. The van der Waals surface area contributed by atoms with Crippen LogP contribution in [0.2, 0.25) is 0 Å². The van der Waals surface area contributed by atoms with Crippen LogP contribution in [-0.2, 0) is 6.54 Å². The Balaban J connectivity index is 1.83. The first-order chi connectivity index (χ1) is 11.1. The zero-order valence-corrected chi connectivity index (χ0v) is 14.5. The first-order valence-electron chi connectivity index (χ1n) is 9.08. The Kier molecular flexibility index (Phi) is 5.34. The van der Waals surface area contributed by atoms with Crippen LogP contribution in [0.1, 0.15) is 51.4 Å². The molecule has 1 aromatic carbocycles. The lowest BCUT2D eigenvalue weighted by molar-refractivity contribution is 0.220. The number of rotatable bonds is 6. The molecular formula is C19H30N4. The van der Waals surface area contributed by atoms with Crippen LogP contribution in [-0.4, -0.2) is 34.1 Å². The molecule has 1 saturated heterocycles. The van der Waals surface area contributed by atoms with E-state index in [-0.39, 0.29) is 6.04 Å². The highest BCUT2D eigenvalue weighted by atomic mass is 15.2. The van der Waals surface area contributed by atoms with Crippen molar-refractivity contribution in [1.82, 2.24) is 14.5 Å². The lowest BCUT2D eigenvalue weighted by atomic mass is 10.0. The molecule has 2 N–H and O–H groups in total. The van der Waals surface area contributed by atoms with Crippen molar-refractivity contribution in [2.24, 2.45) is 11.7 Å². The van der Waals surface area contributed by atoms with Gasteiger partial charge < -0.3 is 15.2 Å². The Bertz CT molecular complexity index is 625. The van der Waals surface area contributed by atoms with Gasteiger partial charge in [0.1, 0.15) is 5.82 Å². The van der Waals surface area contributed by atoms with Gasteiger partial charge in [-0.3, -0.25) is 0 Å². The van der Waals surface area contributed by atoms with E-state index in [9.17, 15) is 0 Å². The molecule has 126 valence electrons. The highest BCUT2D eigenvalue weighted by molar-refractivity contribution is 5.76. The number of nitrogens with zero attached hydrogens (tertiary/aromatic N) is 3. The SMILES string of the molecule is CC(C)CC(N)c1nc2ccccc2n1CCN1CCCCC1. The van der Waals surface area contributed by atoms with Crippen LogP contribution >= 0.6 is 0 Å². The highest BCUT2D eigenvalue weighted by Crippen LogP contribution is 2.24. The Morgan fingerprint density at radius 1 is 1.09 bits per heavy atom. The van der Waals surface area contributed by atoms with E-state index in [0.29, 0.717) is 5.92 Å². The minimum Gasteiger partial charge on any atom is -0.325 e. The monoisotopic (exact) mass is 314 g/mol. The summed E-state index contributed by atoms with van der Waals surface area (Å²) in [6.45, 7) is 9.00. The van der Waals surface area contributed by atoms with E-state index in [1.54, 1.807) is 0 Å². The van der Waals surface area contributed by atoms with Crippen molar-refractivity contribution in [3.63, 3.8) is 0 Å². The van der Waals surface area contributed by atoms with Crippen molar-refractivity contribution in [3.8, 4) is 0 Å². The molecule has 4 nitrogen and oxygen atoms in total. The summed E-state index contributed by atoms with van der Waals surface area (Å²) in [7, 11) is 0. The minimum absolute atomic E-state index is 0.0174. The van der Waals surface area contributed by atoms with Gasteiger partial charge in [-0.25, -0.2) is 4.98 Å². The molecule has 2 aromatic rings. The maximum atomic E-state index is 6.47. The third kappa shape index (κ3) is 3.93. The number of fused-ring (bicyclic) bond motifs is 1. The van der Waals surface area contributed by atoms with E-state index in [4.69, 9.17) is 10.7 Å². The van der Waals surface area contributed by atoms with Crippen LogP contribution in [0.4, 0.5) is 0 Å².